The molecule has 0 aromatic heterocycles. The molecule has 0 radical (unpaired) electrons. The van der Waals surface area contributed by atoms with Crippen LogP contribution in [0, 0.1) is 0 Å². The second-order valence-electron chi connectivity index (χ2n) is 7.29. The lowest BCUT2D eigenvalue weighted by molar-refractivity contribution is 0.0988. The zero-order valence-electron chi connectivity index (χ0n) is 17.2. The molecule has 0 bridgehead atoms. The van der Waals surface area contributed by atoms with E-state index < -0.39 is 0 Å². The van der Waals surface area contributed by atoms with E-state index in [0.717, 1.165) is 16.7 Å². The van der Waals surface area contributed by atoms with E-state index in [1.54, 1.807) is 6.07 Å². The van der Waals surface area contributed by atoms with E-state index in [1.165, 1.54) is 0 Å². The second-order valence-corrected chi connectivity index (χ2v) is 7.29. The summed E-state index contributed by atoms with van der Waals surface area (Å²) in [6, 6.07) is 35.1. The topological polar surface area (TPSA) is 35.5 Å². The fourth-order valence-corrected chi connectivity index (χ4v) is 3.29. The van der Waals surface area contributed by atoms with Gasteiger partial charge in [-0.1, -0.05) is 91.0 Å². The molecule has 0 saturated carbocycles. The van der Waals surface area contributed by atoms with Crippen LogP contribution in [0.25, 0.3) is 0 Å². The van der Waals surface area contributed by atoms with Crippen LogP contribution in [0.3, 0.4) is 0 Å². The predicted molar refractivity (Wildman–Crippen MR) is 122 cm³/mol. The Morgan fingerprint density at radius 3 is 1.68 bits per heavy atom. The van der Waals surface area contributed by atoms with Gasteiger partial charge in [0.1, 0.15) is 24.7 Å². The van der Waals surface area contributed by atoms with Crippen molar-refractivity contribution >= 4 is 5.78 Å². The fourth-order valence-electron chi connectivity index (χ4n) is 3.29. The Hall–Kier alpha value is -3.85. The van der Waals surface area contributed by atoms with E-state index in [4.69, 9.17) is 9.47 Å². The van der Waals surface area contributed by atoms with Crippen LogP contribution in [0.4, 0.5) is 0 Å². The van der Waals surface area contributed by atoms with Crippen molar-refractivity contribution < 1.29 is 14.3 Å². The van der Waals surface area contributed by atoms with Gasteiger partial charge in [-0.05, 0) is 28.8 Å². The normalized spacial score (nSPS) is 10.5. The molecule has 4 rings (SSSR count). The average Bonchev–Trinajstić information content (AvgIpc) is 2.83. The van der Waals surface area contributed by atoms with Crippen LogP contribution in [0.5, 0.6) is 11.5 Å². The monoisotopic (exact) mass is 408 g/mol. The van der Waals surface area contributed by atoms with Gasteiger partial charge in [-0.25, -0.2) is 0 Å². The number of ketones is 1. The van der Waals surface area contributed by atoms with E-state index >= 15 is 0 Å². The number of carbonyl (C=O) groups excluding carboxylic acids is 1. The average molecular weight is 408 g/mol. The molecular formula is C28H24O3. The van der Waals surface area contributed by atoms with Crippen molar-refractivity contribution in [3.8, 4) is 11.5 Å². The number of ether oxygens (including phenoxy) is 2. The van der Waals surface area contributed by atoms with Crippen molar-refractivity contribution in [2.24, 2.45) is 0 Å². The highest BCUT2D eigenvalue weighted by atomic mass is 16.5. The fraction of sp³-hybridized carbons (Fsp3) is 0.107. The Kier molecular flexibility index (Phi) is 6.76. The number of rotatable bonds is 9. The Bertz CT molecular complexity index is 1110. The first-order valence-electron chi connectivity index (χ1n) is 10.3. The molecule has 0 saturated heterocycles. The third-order valence-corrected chi connectivity index (χ3v) is 4.95. The van der Waals surface area contributed by atoms with E-state index in [-0.39, 0.29) is 5.78 Å². The zero-order valence-corrected chi connectivity index (χ0v) is 17.2. The van der Waals surface area contributed by atoms with Gasteiger partial charge in [0.05, 0.1) is 5.56 Å². The summed E-state index contributed by atoms with van der Waals surface area (Å²) in [7, 11) is 0. The van der Waals surface area contributed by atoms with E-state index in [0.29, 0.717) is 36.7 Å². The molecular weight excluding hydrogens is 384 g/mol. The van der Waals surface area contributed by atoms with Crippen LogP contribution in [-0.2, 0) is 19.6 Å². The number of carbonyl (C=O) groups is 1. The molecule has 0 fully saturated rings. The van der Waals surface area contributed by atoms with Gasteiger partial charge in [-0.15, -0.1) is 0 Å². The first-order valence-corrected chi connectivity index (χ1v) is 10.3. The Balaban J connectivity index is 1.54. The summed E-state index contributed by atoms with van der Waals surface area (Å²) in [5.41, 5.74) is 3.66. The third-order valence-electron chi connectivity index (χ3n) is 4.95. The summed E-state index contributed by atoms with van der Waals surface area (Å²) >= 11 is 0. The van der Waals surface area contributed by atoms with E-state index in [1.807, 2.05) is 103 Å². The molecule has 31 heavy (non-hydrogen) atoms. The molecule has 4 aromatic rings. The maximum Gasteiger partial charge on any atom is 0.170 e. The van der Waals surface area contributed by atoms with E-state index in [9.17, 15) is 4.79 Å². The number of Topliss-reactive ketones (excluding diaryl/α,β-unsaturated/α-hetero) is 1. The van der Waals surface area contributed by atoms with Gasteiger partial charge in [-0.2, -0.15) is 0 Å². The van der Waals surface area contributed by atoms with Crippen molar-refractivity contribution in [3.05, 3.63) is 131 Å². The summed E-state index contributed by atoms with van der Waals surface area (Å²) in [5, 5.41) is 0. The molecule has 0 N–H and O–H groups in total. The van der Waals surface area contributed by atoms with Crippen LogP contribution < -0.4 is 9.47 Å². The van der Waals surface area contributed by atoms with Crippen LogP contribution >= 0.6 is 0 Å². The van der Waals surface area contributed by atoms with Gasteiger partial charge >= 0.3 is 0 Å². The van der Waals surface area contributed by atoms with Crippen molar-refractivity contribution in [3.63, 3.8) is 0 Å². The van der Waals surface area contributed by atoms with Crippen molar-refractivity contribution in [1.82, 2.24) is 0 Å². The maximum atomic E-state index is 13.0. The highest BCUT2D eigenvalue weighted by molar-refractivity contribution is 6.00. The maximum absolute atomic E-state index is 13.0. The molecule has 0 aliphatic rings. The predicted octanol–water partition coefficient (Wildman–Crippen LogP) is 6.27. The molecule has 3 heteroatoms. The smallest absolute Gasteiger partial charge is 0.170 e. The second kappa shape index (κ2) is 10.3. The number of hydrogen-bond donors (Lipinski definition) is 0. The summed E-state index contributed by atoms with van der Waals surface area (Å²) in [4.78, 5) is 13.0. The minimum Gasteiger partial charge on any atom is -0.489 e. The highest BCUT2D eigenvalue weighted by Gasteiger charge is 2.15. The first kappa shape index (κ1) is 20.4. The highest BCUT2D eigenvalue weighted by Crippen LogP contribution is 2.28. The van der Waals surface area contributed by atoms with Gasteiger partial charge in [0.15, 0.2) is 5.78 Å². The molecule has 3 nitrogen and oxygen atoms in total. The minimum atomic E-state index is 0.0175. The standard InChI is InChI=1S/C28H24O3/c29-27(18-22-10-4-1-5-11-22)26-17-16-25(30-20-23-12-6-2-7-13-23)19-28(26)31-21-24-14-8-3-9-15-24/h1-17,19H,18,20-21H2. The van der Waals surface area contributed by atoms with Gasteiger partial charge in [0.2, 0.25) is 0 Å². The SMILES string of the molecule is O=C(Cc1ccccc1)c1ccc(OCc2ccccc2)cc1OCc1ccccc1. The third kappa shape index (κ3) is 5.83. The van der Waals surface area contributed by atoms with E-state index in [2.05, 4.69) is 0 Å². The molecule has 0 aliphatic carbocycles. The lowest BCUT2D eigenvalue weighted by Gasteiger charge is -2.14. The molecule has 0 unspecified atom stereocenters. The first-order chi connectivity index (χ1) is 15.3. The molecule has 0 spiro atoms. The van der Waals surface area contributed by atoms with Gasteiger partial charge < -0.3 is 9.47 Å². The lowest BCUT2D eigenvalue weighted by atomic mass is 10.0. The summed E-state index contributed by atoms with van der Waals surface area (Å²) in [6.45, 7) is 0.838. The molecule has 0 heterocycles. The minimum absolute atomic E-state index is 0.0175. The van der Waals surface area contributed by atoms with Crippen molar-refractivity contribution in [1.29, 1.82) is 0 Å². The quantitative estimate of drug-likeness (QED) is 0.306. The van der Waals surface area contributed by atoms with Gasteiger partial charge in [0, 0.05) is 12.5 Å². The summed E-state index contributed by atoms with van der Waals surface area (Å²) in [5.74, 6) is 1.22. The Morgan fingerprint density at radius 1 is 0.581 bits per heavy atom. The summed E-state index contributed by atoms with van der Waals surface area (Å²) in [6.07, 6.45) is 0.326. The number of hydrogen-bond acceptors (Lipinski definition) is 3. The van der Waals surface area contributed by atoms with Crippen molar-refractivity contribution in [2.75, 3.05) is 0 Å². The molecule has 0 amide bonds. The van der Waals surface area contributed by atoms with Crippen molar-refractivity contribution in [2.45, 2.75) is 19.6 Å². The van der Waals surface area contributed by atoms with Gasteiger partial charge in [0.25, 0.3) is 0 Å². The van der Waals surface area contributed by atoms with Gasteiger partial charge in [-0.3, -0.25) is 4.79 Å². The van der Waals surface area contributed by atoms with Crippen LogP contribution in [0.1, 0.15) is 27.0 Å². The molecule has 0 aliphatic heterocycles. The zero-order chi connectivity index (χ0) is 21.3. The Labute approximate surface area is 182 Å². The van der Waals surface area contributed by atoms with Crippen LogP contribution in [0.15, 0.2) is 109 Å². The number of benzene rings is 4. The Morgan fingerprint density at radius 2 is 1.10 bits per heavy atom. The lowest BCUT2D eigenvalue weighted by Crippen LogP contribution is -2.08. The largest absolute Gasteiger partial charge is 0.489 e. The van der Waals surface area contributed by atoms with Crippen LogP contribution in [0.2, 0.25) is 0 Å². The molecule has 0 atom stereocenters. The van der Waals surface area contributed by atoms with Crippen LogP contribution in [-0.4, -0.2) is 5.78 Å². The molecule has 4 aromatic carbocycles. The molecule has 154 valence electrons. The summed E-state index contributed by atoms with van der Waals surface area (Å²) < 4.78 is 12.0.